The van der Waals surface area contributed by atoms with E-state index in [0.29, 0.717) is 35.3 Å². The molecular formula is C27H25F3O. The summed E-state index contributed by atoms with van der Waals surface area (Å²) < 4.78 is 48.6. The highest BCUT2D eigenvalue weighted by molar-refractivity contribution is 5.67. The number of ether oxygens (including phenoxy) is 1. The minimum atomic E-state index is -0.749. The normalized spacial score (nSPS) is 13.7. The summed E-state index contributed by atoms with van der Waals surface area (Å²) in [6.45, 7) is 0. The third kappa shape index (κ3) is 4.68. The third-order valence-electron chi connectivity index (χ3n) is 5.92. The molecule has 0 radical (unpaired) electrons. The summed E-state index contributed by atoms with van der Waals surface area (Å²) in [5.41, 5.74) is 3.92. The molecule has 1 nitrogen and oxygen atoms in total. The number of hydrogen-bond donors (Lipinski definition) is 0. The predicted molar refractivity (Wildman–Crippen MR) is 119 cm³/mol. The molecule has 4 rings (SSSR count). The fourth-order valence-electron chi connectivity index (χ4n) is 4.10. The molecule has 1 aliphatic carbocycles. The minimum absolute atomic E-state index is 0.349. The van der Waals surface area contributed by atoms with E-state index in [0.717, 1.165) is 42.4 Å². The SMILES string of the molecule is COc1ccc(-c2ccc(CCc3ccc(C4=CCCCC4)c(F)c3F)cc2)c(F)c1. The van der Waals surface area contributed by atoms with Crippen molar-refractivity contribution in [2.24, 2.45) is 0 Å². The van der Waals surface area contributed by atoms with Crippen molar-refractivity contribution in [3.63, 3.8) is 0 Å². The molecule has 0 unspecified atom stereocenters. The monoisotopic (exact) mass is 422 g/mol. The largest absolute Gasteiger partial charge is 0.497 e. The molecule has 0 amide bonds. The Bertz CT molecular complexity index is 1100. The van der Waals surface area contributed by atoms with Gasteiger partial charge in [0.05, 0.1) is 7.11 Å². The molecule has 3 aromatic rings. The Morgan fingerprint density at radius 2 is 1.58 bits per heavy atom. The van der Waals surface area contributed by atoms with Crippen LogP contribution in [0, 0.1) is 17.5 Å². The van der Waals surface area contributed by atoms with E-state index in [1.807, 2.05) is 30.3 Å². The zero-order valence-electron chi connectivity index (χ0n) is 17.6. The molecule has 0 N–H and O–H groups in total. The Morgan fingerprint density at radius 1 is 0.806 bits per heavy atom. The average Bonchev–Trinajstić information content (AvgIpc) is 2.81. The fraction of sp³-hybridized carbons (Fsp3) is 0.259. The first kappa shape index (κ1) is 21.2. The Morgan fingerprint density at radius 3 is 2.26 bits per heavy atom. The predicted octanol–water partition coefficient (Wildman–Crippen LogP) is 7.52. The van der Waals surface area contributed by atoms with Crippen LogP contribution in [0.15, 0.2) is 60.7 Å². The van der Waals surface area contributed by atoms with Crippen molar-refractivity contribution in [1.82, 2.24) is 0 Å². The lowest BCUT2D eigenvalue weighted by molar-refractivity contribution is 0.411. The second-order valence-corrected chi connectivity index (χ2v) is 7.92. The van der Waals surface area contributed by atoms with Crippen LogP contribution in [-0.2, 0) is 12.8 Å². The van der Waals surface area contributed by atoms with Gasteiger partial charge in [-0.1, -0.05) is 42.5 Å². The van der Waals surface area contributed by atoms with E-state index in [1.165, 1.54) is 13.2 Å². The number of benzene rings is 3. The van der Waals surface area contributed by atoms with Gasteiger partial charge in [-0.05, 0) is 72.9 Å². The number of rotatable bonds is 6. The van der Waals surface area contributed by atoms with Crippen LogP contribution in [0.3, 0.4) is 0 Å². The van der Waals surface area contributed by atoms with Crippen molar-refractivity contribution >= 4 is 5.57 Å². The van der Waals surface area contributed by atoms with Crippen molar-refractivity contribution in [1.29, 1.82) is 0 Å². The van der Waals surface area contributed by atoms with Crippen molar-refractivity contribution in [3.8, 4) is 16.9 Å². The molecular weight excluding hydrogens is 397 g/mol. The van der Waals surface area contributed by atoms with Gasteiger partial charge in [-0.25, -0.2) is 13.2 Å². The topological polar surface area (TPSA) is 9.23 Å². The molecule has 3 aromatic carbocycles. The van der Waals surface area contributed by atoms with Crippen molar-refractivity contribution in [2.45, 2.75) is 38.5 Å². The summed E-state index contributed by atoms with van der Waals surface area (Å²) in [6, 6.07) is 15.6. The van der Waals surface area contributed by atoms with Crippen molar-refractivity contribution in [2.75, 3.05) is 7.11 Å². The van der Waals surface area contributed by atoms with E-state index in [1.54, 1.807) is 24.3 Å². The summed E-state index contributed by atoms with van der Waals surface area (Å²) in [5.74, 6) is -1.37. The second-order valence-electron chi connectivity index (χ2n) is 7.92. The number of allylic oxidation sites excluding steroid dienone is 2. The number of hydrogen-bond acceptors (Lipinski definition) is 1. The maximum atomic E-state index is 14.7. The smallest absolute Gasteiger partial charge is 0.166 e. The van der Waals surface area contributed by atoms with Crippen LogP contribution in [0.5, 0.6) is 5.75 Å². The zero-order valence-corrected chi connectivity index (χ0v) is 17.6. The van der Waals surface area contributed by atoms with Crippen molar-refractivity contribution < 1.29 is 17.9 Å². The van der Waals surface area contributed by atoms with Gasteiger partial charge in [0.1, 0.15) is 11.6 Å². The van der Waals surface area contributed by atoms with Crippen molar-refractivity contribution in [3.05, 3.63) is 94.8 Å². The van der Waals surface area contributed by atoms with Gasteiger partial charge in [0, 0.05) is 17.2 Å². The molecule has 0 bridgehead atoms. The number of halogens is 3. The Balaban J connectivity index is 1.46. The van der Waals surface area contributed by atoms with E-state index in [-0.39, 0.29) is 5.82 Å². The van der Waals surface area contributed by atoms with Gasteiger partial charge in [-0.2, -0.15) is 0 Å². The highest BCUT2D eigenvalue weighted by atomic mass is 19.2. The highest BCUT2D eigenvalue weighted by Crippen LogP contribution is 2.31. The Kier molecular flexibility index (Phi) is 6.45. The van der Waals surface area contributed by atoms with Gasteiger partial charge in [-0.3, -0.25) is 0 Å². The van der Waals surface area contributed by atoms with E-state index < -0.39 is 11.6 Å². The van der Waals surface area contributed by atoms with Crippen LogP contribution >= 0.6 is 0 Å². The zero-order chi connectivity index (χ0) is 21.8. The first-order valence-electron chi connectivity index (χ1n) is 10.7. The molecule has 1 aliphatic rings. The van der Waals surface area contributed by atoms with Crippen LogP contribution in [0.1, 0.15) is 42.4 Å². The van der Waals surface area contributed by atoms with Crippen LogP contribution in [0.4, 0.5) is 13.2 Å². The molecule has 0 saturated heterocycles. The first-order chi connectivity index (χ1) is 15.1. The summed E-state index contributed by atoms with van der Waals surface area (Å²) >= 11 is 0. The minimum Gasteiger partial charge on any atom is -0.497 e. The summed E-state index contributed by atoms with van der Waals surface area (Å²) in [4.78, 5) is 0. The summed E-state index contributed by atoms with van der Waals surface area (Å²) in [5, 5.41) is 0. The average molecular weight is 422 g/mol. The van der Waals surface area contributed by atoms with Gasteiger partial charge in [0.15, 0.2) is 11.6 Å². The lowest BCUT2D eigenvalue weighted by Gasteiger charge is -2.15. The quantitative estimate of drug-likeness (QED) is 0.399. The molecule has 0 aromatic heterocycles. The molecule has 0 atom stereocenters. The van der Waals surface area contributed by atoms with Gasteiger partial charge < -0.3 is 4.74 Å². The first-order valence-corrected chi connectivity index (χ1v) is 10.7. The Hall–Kier alpha value is -3.01. The van der Waals surface area contributed by atoms with Crippen LogP contribution < -0.4 is 4.74 Å². The number of methoxy groups -OCH3 is 1. The van der Waals surface area contributed by atoms with E-state index >= 15 is 0 Å². The molecule has 0 heterocycles. The lowest BCUT2D eigenvalue weighted by Crippen LogP contribution is -2.02. The van der Waals surface area contributed by atoms with Gasteiger partial charge in [0.2, 0.25) is 0 Å². The molecule has 0 aliphatic heterocycles. The molecule has 31 heavy (non-hydrogen) atoms. The molecule has 0 fully saturated rings. The Labute approximate surface area is 181 Å². The van der Waals surface area contributed by atoms with E-state index in [9.17, 15) is 13.2 Å². The molecule has 0 spiro atoms. The van der Waals surface area contributed by atoms with Crippen LogP contribution in [0.25, 0.3) is 16.7 Å². The maximum absolute atomic E-state index is 14.7. The standard InChI is InChI=1S/C27H25F3O/c1-31-22-14-16-23(25(28)17-22)20-10-7-18(8-11-20)9-12-21-13-15-24(27(30)26(21)29)19-5-3-2-4-6-19/h5,7-8,10-11,13-17H,2-4,6,9,12H2,1H3. The molecule has 160 valence electrons. The number of aryl methyl sites for hydroxylation is 2. The lowest BCUT2D eigenvalue weighted by atomic mass is 9.92. The van der Waals surface area contributed by atoms with Gasteiger partial charge in [0.25, 0.3) is 0 Å². The molecule has 4 heteroatoms. The molecule has 0 saturated carbocycles. The van der Waals surface area contributed by atoms with Gasteiger partial charge in [-0.15, -0.1) is 0 Å². The second kappa shape index (κ2) is 9.42. The van der Waals surface area contributed by atoms with E-state index in [2.05, 4.69) is 0 Å². The fourth-order valence-corrected chi connectivity index (χ4v) is 4.10. The highest BCUT2D eigenvalue weighted by Gasteiger charge is 2.17. The van der Waals surface area contributed by atoms with Gasteiger partial charge >= 0.3 is 0 Å². The van der Waals surface area contributed by atoms with E-state index in [4.69, 9.17) is 4.74 Å². The maximum Gasteiger partial charge on any atom is 0.166 e. The summed E-state index contributed by atoms with van der Waals surface area (Å²) in [7, 11) is 1.50. The summed E-state index contributed by atoms with van der Waals surface area (Å²) in [6.07, 6.45) is 6.85. The van der Waals surface area contributed by atoms with Crippen LogP contribution in [0.2, 0.25) is 0 Å². The third-order valence-corrected chi connectivity index (χ3v) is 5.92. The van der Waals surface area contributed by atoms with Crippen LogP contribution in [-0.4, -0.2) is 7.11 Å².